The number of amides is 1. The van der Waals surface area contributed by atoms with E-state index in [1.165, 1.54) is 0 Å². The predicted molar refractivity (Wildman–Crippen MR) is 103 cm³/mol. The summed E-state index contributed by atoms with van der Waals surface area (Å²) in [6.07, 6.45) is -5.80. The lowest BCUT2D eigenvalue weighted by Gasteiger charge is -2.15. The van der Waals surface area contributed by atoms with Gasteiger partial charge in [0.25, 0.3) is 0 Å². The molecule has 4 rings (SSSR count). The van der Waals surface area contributed by atoms with Gasteiger partial charge in [-0.15, -0.1) is 13.2 Å². The van der Waals surface area contributed by atoms with Crippen LogP contribution in [-0.2, 0) is 4.74 Å². The zero-order valence-electron chi connectivity index (χ0n) is 15.4. The highest BCUT2D eigenvalue weighted by molar-refractivity contribution is 5.87. The molecule has 1 aliphatic carbocycles. The molecule has 0 saturated heterocycles. The Hall–Kier alpha value is -3.68. The Morgan fingerprint density at radius 2 is 1.57 bits per heavy atom. The number of alkyl halides is 3. The molecular weight excluding hydrogens is 399 g/mol. The van der Waals surface area contributed by atoms with E-state index in [0.29, 0.717) is 0 Å². The van der Waals surface area contributed by atoms with Gasteiger partial charge in [-0.1, -0.05) is 48.5 Å². The van der Waals surface area contributed by atoms with E-state index >= 15 is 0 Å². The number of rotatable bonds is 4. The number of carbonyl (C=O) groups excluding carboxylic acids is 1. The molecule has 0 unspecified atom stereocenters. The van der Waals surface area contributed by atoms with Crippen LogP contribution in [0.15, 0.2) is 66.7 Å². The summed E-state index contributed by atoms with van der Waals surface area (Å²) in [6, 6.07) is 18.4. The van der Waals surface area contributed by atoms with Crippen molar-refractivity contribution in [3.63, 3.8) is 0 Å². The smallest absolute Gasteiger partial charge is 0.506 e. The molecule has 1 aliphatic rings. The zero-order valence-corrected chi connectivity index (χ0v) is 15.4. The Bertz CT molecular complexity index is 1050. The Balaban J connectivity index is 1.47. The second-order valence-corrected chi connectivity index (χ2v) is 6.68. The lowest BCUT2D eigenvalue weighted by atomic mass is 9.98. The van der Waals surface area contributed by atoms with Crippen LogP contribution in [0.2, 0.25) is 0 Å². The van der Waals surface area contributed by atoms with Crippen LogP contribution >= 0.6 is 0 Å². The Morgan fingerprint density at radius 1 is 0.967 bits per heavy atom. The second-order valence-electron chi connectivity index (χ2n) is 6.68. The number of nitrogens with one attached hydrogen (secondary N) is 1. The number of phenolic OH excluding ortho intramolecular Hbond substituents is 1. The van der Waals surface area contributed by atoms with Crippen LogP contribution in [0.25, 0.3) is 11.1 Å². The summed E-state index contributed by atoms with van der Waals surface area (Å²) in [5, 5.41) is 12.1. The molecule has 0 radical (unpaired) electrons. The molecule has 5 nitrogen and oxygen atoms in total. The van der Waals surface area contributed by atoms with E-state index in [0.717, 1.165) is 40.5 Å². The van der Waals surface area contributed by atoms with Crippen LogP contribution in [0.3, 0.4) is 0 Å². The molecule has 0 heterocycles. The first-order valence-electron chi connectivity index (χ1n) is 9.02. The SMILES string of the molecule is O=C(Nc1cc(OC(F)(F)F)ccc1O)OCC1c2ccccc2-c2ccccc21. The third kappa shape index (κ3) is 4.03. The molecular formula is C22H16F3NO4. The number of benzene rings is 3. The summed E-state index contributed by atoms with van der Waals surface area (Å²) in [4.78, 5) is 12.2. The quantitative estimate of drug-likeness (QED) is 0.540. The lowest BCUT2D eigenvalue weighted by Crippen LogP contribution is -2.19. The topological polar surface area (TPSA) is 67.8 Å². The molecule has 1 amide bonds. The van der Waals surface area contributed by atoms with Gasteiger partial charge in [-0.25, -0.2) is 4.79 Å². The van der Waals surface area contributed by atoms with Crippen molar-refractivity contribution >= 4 is 11.8 Å². The average Bonchev–Trinajstić information content (AvgIpc) is 3.02. The maximum atomic E-state index is 12.4. The van der Waals surface area contributed by atoms with Crippen molar-refractivity contribution in [1.29, 1.82) is 0 Å². The molecule has 2 N–H and O–H groups in total. The van der Waals surface area contributed by atoms with Crippen LogP contribution in [0.5, 0.6) is 11.5 Å². The number of aromatic hydroxyl groups is 1. The summed E-state index contributed by atoms with van der Waals surface area (Å²) < 4.78 is 46.2. The molecule has 0 atom stereocenters. The third-order valence-electron chi connectivity index (χ3n) is 4.78. The molecule has 0 aliphatic heterocycles. The highest BCUT2D eigenvalue weighted by atomic mass is 19.4. The average molecular weight is 415 g/mol. The van der Waals surface area contributed by atoms with E-state index in [9.17, 15) is 23.1 Å². The van der Waals surface area contributed by atoms with Gasteiger partial charge >= 0.3 is 12.5 Å². The van der Waals surface area contributed by atoms with Gasteiger partial charge in [-0.05, 0) is 34.4 Å². The first-order chi connectivity index (χ1) is 14.3. The molecule has 0 bridgehead atoms. The maximum Gasteiger partial charge on any atom is 0.573 e. The second kappa shape index (κ2) is 7.62. The van der Waals surface area contributed by atoms with E-state index in [1.807, 2.05) is 48.5 Å². The fourth-order valence-corrected chi connectivity index (χ4v) is 3.56. The largest absolute Gasteiger partial charge is 0.573 e. The van der Waals surface area contributed by atoms with E-state index < -0.39 is 24.0 Å². The molecule has 0 fully saturated rings. The number of fused-ring (bicyclic) bond motifs is 3. The number of anilines is 1. The molecule has 0 saturated carbocycles. The lowest BCUT2D eigenvalue weighted by molar-refractivity contribution is -0.274. The van der Waals surface area contributed by atoms with Crippen molar-refractivity contribution < 1.29 is 32.5 Å². The van der Waals surface area contributed by atoms with Crippen LogP contribution in [-0.4, -0.2) is 24.2 Å². The first kappa shape index (κ1) is 19.6. The van der Waals surface area contributed by atoms with Gasteiger partial charge in [0.15, 0.2) is 0 Å². The highest BCUT2D eigenvalue weighted by Gasteiger charge is 2.32. The van der Waals surface area contributed by atoms with Gasteiger partial charge in [0.1, 0.15) is 18.1 Å². The number of hydrogen-bond acceptors (Lipinski definition) is 4. The Labute approximate surface area is 169 Å². The number of ether oxygens (including phenoxy) is 2. The molecule has 154 valence electrons. The molecule has 30 heavy (non-hydrogen) atoms. The Morgan fingerprint density at radius 3 is 2.17 bits per heavy atom. The minimum atomic E-state index is -4.89. The number of carbonyl (C=O) groups is 1. The van der Waals surface area contributed by atoms with Gasteiger partial charge < -0.3 is 14.6 Å². The number of halogens is 3. The van der Waals surface area contributed by atoms with Gasteiger partial charge in [-0.3, -0.25) is 5.32 Å². The van der Waals surface area contributed by atoms with E-state index in [1.54, 1.807) is 0 Å². The molecule has 0 aromatic heterocycles. The van der Waals surface area contributed by atoms with E-state index in [2.05, 4.69) is 10.1 Å². The zero-order chi connectivity index (χ0) is 21.3. The van der Waals surface area contributed by atoms with Gasteiger partial charge in [-0.2, -0.15) is 0 Å². The predicted octanol–water partition coefficient (Wildman–Crippen LogP) is 5.65. The molecule has 3 aromatic rings. The van der Waals surface area contributed by atoms with Gasteiger partial charge in [0.2, 0.25) is 0 Å². The van der Waals surface area contributed by atoms with E-state index in [-0.39, 0.29) is 18.2 Å². The highest BCUT2D eigenvalue weighted by Crippen LogP contribution is 2.44. The standard InChI is InChI=1S/C22H16F3NO4/c23-22(24,25)30-13-9-10-20(27)19(11-13)26-21(28)29-12-18-16-7-3-1-5-14(16)15-6-2-4-8-17(15)18/h1-11,18,27H,12H2,(H,26,28). The number of phenols is 1. The number of hydrogen-bond donors (Lipinski definition) is 2. The summed E-state index contributed by atoms with van der Waals surface area (Å²) in [7, 11) is 0. The van der Waals surface area contributed by atoms with Crippen molar-refractivity contribution in [1.82, 2.24) is 0 Å². The Kier molecular flexibility index (Phi) is 4.99. The normalized spacial score (nSPS) is 12.8. The van der Waals surface area contributed by atoms with Crippen LogP contribution in [0.4, 0.5) is 23.7 Å². The minimum absolute atomic E-state index is 0.0271. The molecule has 0 spiro atoms. The first-order valence-corrected chi connectivity index (χ1v) is 9.02. The summed E-state index contributed by atoms with van der Waals surface area (Å²) in [5.41, 5.74) is 3.92. The van der Waals surface area contributed by atoms with Crippen molar-refractivity contribution in [2.75, 3.05) is 11.9 Å². The minimum Gasteiger partial charge on any atom is -0.506 e. The van der Waals surface area contributed by atoms with Crippen LogP contribution in [0.1, 0.15) is 17.0 Å². The van der Waals surface area contributed by atoms with E-state index in [4.69, 9.17) is 4.74 Å². The monoisotopic (exact) mass is 415 g/mol. The van der Waals surface area contributed by atoms with Crippen molar-refractivity contribution in [3.8, 4) is 22.6 Å². The molecule has 8 heteroatoms. The third-order valence-corrected chi connectivity index (χ3v) is 4.78. The van der Waals surface area contributed by atoms with Gasteiger partial charge in [0.05, 0.1) is 5.69 Å². The van der Waals surface area contributed by atoms with Crippen molar-refractivity contribution in [2.24, 2.45) is 0 Å². The summed E-state index contributed by atoms with van der Waals surface area (Å²) in [5.74, 6) is -1.16. The fraction of sp³-hybridized carbons (Fsp3) is 0.136. The fourth-order valence-electron chi connectivity index (χ4n) is 3.56. The van der Waals surface area contributed by atoms with Crippen LogP contribution < -0.4 is 10.1 Å². The van der Waals surface area contributed by atoms with Crippen molar-refractivity contribution in [2.45, 2.75) is 12.3 Å². The maximum absolute atomic E-state index is 12.4. The summed E-state index contributed by atoms with van der Waals surface area (Å²) >= 11 is 0. The molecule has 3 aromatic carbocycles. The summed E-state index contributed by atoms with van der Waals surface area (Å²) in [6.45, 7) is 0.0271. The van der Waals surface area contributed by atoms with Crippen molar-refractivity contribution in [3.05, 3.63) is 77.9 Å². The van der Waals surface area contributed by atoms with Gasteiger partial charge in [0, 0.05) is 12.0 Å². The van der Waals surface area contributed by atoms with Crippen LogP contribution in [0, 0.1) is 0 Å².